The Morgan fingerprint density at radius 1 is 1.19 bits per heavy atom. The van der Waals surface area contributed by atoms with Gasteiger partial charge in [-0.1, -0.05) is 6.42 Å². The first kappa shape index (κ1) is 12.3. The van der Waals surface area contributed by atoms with Crippen LogP contribution in [0.5, 0.6) is 0 Å². The van der Waals surface area contributed by atoms with Crippen LogP contribution >= 0.6 is 0 Å². The van der Waals surface area contributed by atoms with Crippen LogP contribution in [0.3, 0.4) is 0 Å². The van der Waals surface area contributed by atoms with Gasteiger partial charge in [0, 0.05) is 19.6 Å². The third-order valence-electron chi connectivity index (χ3n) is 3.60. The summed E-state index contributed by atoms with van der Waals surface area (Å²) in [6, 6.07) is 0. The summed E-state index contributed by atoms with van der Waals surface area (Å²) in [5.74, 6) is 1.42. The fourth-order valence-corrected chi connectivity index (χ4v) is 3.82. The number of hydrogen-bond donors (Lipinski definition) is 1. The smallest absolute Gasteiger partial charge is 0.152 e. The van der Waals surface area contributed by atoms with E-state index >= 15 is 0 Å². The monoisotopic (exact) mass is 246 g/mol. The van der Waals surface area contributed by atoms with Crippen LogP contribution in [-0.4, -0.2) is 57.5 Å². The largest absolute Gasteiger partial charge is 0.316 e. The zero-order chi connectivity index (χ0) is 11.4. The summed E-state index contributed by atoms with van der Waals surface area (Å²) in [5.41, 5.74) is 0. The van der Waals surface area contributed by atoms with Gasteiger partial charge in [-0.2, -0.15) is 0 Å². The summed E-state index contributed by atoms with van der Waals surface area (Å²) in [7, 11) is -2.72. The standard InChI is InChI=1S/C11H22N2O2S/c14-16(15)7-5-13(6-8-16)10-11-3-1-2-4-12-9-11/h11-12H,1-10H2. The van der Waals surface area contributed by atoms with Crippen molar-refractivity contribution in [3.8, 4) is 0 Å². The van der Waals surface area contributed by atoms with E-state index in [1.54, 1.807) is 0 Å². The van der Waals surface area contributed by atoms with Crippen molar-refractivity contribution in [1.82, 2.24) is 10.2 Å². The molecule has 2 heterocycles. The maximum atomic E-state index is 11.3. The van der Waals surface area contributed by atoms with Crippen LogP contribution in [0.1, 0.15) is 19.3 Å². The Kier molecular flexibility index (Phi) is 4.21. The predicted molar refractivity (Wildman–Crippen MR) is 65.3 cm³/mol. The molecular formula is C11H22N2O2S. The molecule has 0 aromatic carbocycles. The van der Waals surface area contributed by atoms with Gasteiger partial charge in [0.1, 0.15) is 0 Å². The van der Waals surface area contributed by atoms with Crippen LogP contribution in [0, 0.1) is 5.92 Å². The molecule has 0 amide bonds. The average Bonchev–Trinajstić information content (AvgIpc) is 2.50. The highest BCUT2D eigenvalue weighted by Gasteiger charge is 2.23. The van der Waals surface area contributed by atoms with E-state index in [1.807, 2.05) is 0 Å². The molecule has 0 radical (unpaired) electrons. The lowest BCUT2D eigenvalue weighted by Gasteiger charge is -2.29. The Hall–Kier alpha value is -0.130. The van der Waals surface area contributed by atoms with Crippen molar-refractivity contribution >= 4 is 9.84 Å². The van der Waals surface area contributed by atoms with E-state index in [0.29, 0.717) is 17.4 Å². The van der Waals surface area contributed by atoms with Crippen molar-refractivity contribution in [1.29, 1.82) is 0 Å². The van der Waals surface area contributed by atoms with Gasteiger partial charge >= 0.3 is 0 Å². The Morgan fingerprint density at radius 2 is 1.94 bits per heavy atom. The van der Waals surface area contributed by atoms with Gasteiger partial charge in [-0.3, -0.25) is 0 Å². The van der Waals surface area contributed by atoms with Gasteiger partial charge < -0.3 is 10.2 Å². The maximum absolute atomic E-state index is 11.3. The molecule has 0 bridgehead atoms. The van der Waals surface area contributed by atoms with Crippen LogP contribution in [0.4, 0.5) is 0 Å². The molecule has 0 aromatic rings. The summed E-state index contributed by atoms with van der Waals surface area (Å²) >= 11 is 0. The molecule has 2 aliphatic rings. The number of rotatable bonds is 2. The molecule has 0 aliphatic carbocycles. The van der Waals surface area contributed by atoms with Crippen molar-refractivity contribution in [3.05, 3.63) is 0 Å². The van der Waals surface area contributed by atoms with Gasteiger partial charge in [0.15, 0.2) is 9.84 Å². The van der Waals surface area contributed by atoms with Gasteiger partial charge in [-0.25, -0.2) is 8.42 Å². The minimum absolute atomic E-state index is 0.354. The first-order valence-corrected chi connectivity index (χ1v) is 8.11. The Morgan fingerprint density at radius 3 is 2.69 bits per heavy atom. The van der Waals surface area contributed by atoms with Gasteiger partial charge in [-0.05, 0) is 31.8 Å². The molecule has 2 fully saturated rings. The van der Waals surface area contributed by atoms with Crippen molar-refractivity contribution in [2.45, 2.75) is 19.3 Å². The Bertz CT molecular complexity index is 294. The van der Waals surface area contributed by atoms with E-state index < -0.39 is 9.84 Å². The maximum Gasteiger partial charge on any atom is 0.152 e. The quantitative estimate of drug-likeness (QED) is 0.751. The molecule has 1 unspecified atom stereocenters. The molecule has 0 saturated carbocycles. The molecule has 16 heavy (non-hydrogen) atoms. The van der Waals surface area contributed by atoms with E-state index in [4.69, 9.17) is 0 Å². The van der Waals surface area contributed by atoms with Gasteiger partial charge in [0.05, 0.1) is 11.5 Å². The molecule has 0 spiro atoms. The van der Waals surface area contributed by atoms with Crippen molar-refractivity contribution < 1.29 is 8.42 Å². The number of nitrogens with one attached hydrogen (secondary N) is 1. The highest BCUT2D eigenvalue weighted by Crippen LogP contribution is 2.14. The van der Waals surface area contributed by atoms with Gasteiger partial charge in [-0.15, -0.1) is 0 Å². The van der Waals surface area contributed by atoms with Crippen molar-refractivity contribution in [2.24, 2.45) is 5.92 Å². The summed E-state index contributed by atoms with van der Waals surface area (Å²) in [5, 5.41) is 3.46. The third kappa shape index (κ3) is 3.71. The fraction of sp³-hybridized carbons (Fsp3) is 1.00. The van der Waals surface area contributed by atoms with Gasteiger partial charge in [0.2, 0.25) is 0 Å². The molecule has 1 N–H and O–H groups in total. The molecule has 2 saturated heterocycles. The Balaban J connectivity index is 1.77. The van der Waals surface area contributed by atoms with Crippen molar-refractivity contribution in [2.75, 3.05) is 44.2 Å². The third-order valence-corrected chi connectivity index (χ3v) is 5.21. The van der Waals surface area contributed by atoms with E-state index in [1.165, 1.54) is 19.3 Å². The van der Waals surface area contributed by atoms with Crippen LogP contribution < -0.4 is 5.32 Å². The topological polar surface area (TPSA) is 49.4 Å². The first-order chi connectivity index (χ1) is 7.66. The average molecular weight is 246 g/mol. The predicted octanol–water partition coefficient (Wildman–Crippen LogP) is 0.107. The van der Waals surface area contributed by atoms with E-state index in [0.717, 1.165) is 32.7 Å². The zero-order valence-electron chi connectivity index (χ0n) is 9.82. The summed E-state index contributed by atoms with van der Waals surface area (Å²) in [6.07, 6.45) is 3.88. The minimum atomic E-state index is -2.72. The minimum Gasteiger partial charge on any atom is -0.316 e. The number of sulfone groups is 1. The second kappa shape index (κ2) is 5.47. The van der Waals surface area contributed by atoms with E-state index in [-0.39, 0.29) is 0 Å². The number of hydrogen-bond acceptors (Lipinski definition) is 4. The SMILES string of the molecule is O=S1(=O)CCN(CC2CCCCNC2)CC1. The Labute approximate surface area is 98.3 Å². The molecule has 94 valence electrons. The molecule has 2 rings (SSSR count). The van der Waals surface area contributed by atoms with Crippen LogP contribution in [0.15, 0.2) is 0 Å². The number of nitrogens with zero attached hydrogens (tertiary/aromatic N) is 1. The van der Waals surface area contributed by atoms with Crippen LogP contribution in [0.25, 0.3) is 0 Å². The van der Waals surface area contributed by atoms with E-state index in [2.05, 4.69) is 10.2 Å². The fourth-order valence-electron chi connectivity index (χ4n) is 2.55. The summed E-state index contributed by atoms with van der Waals surface area (Å²) < 4.78 is 22.6. The second-order valence-electron chi connectivity index (χ2n) is 5.02. The second-order valence-corrected chi connectivity index (χ2v) is 7.32. The summed E-state index contributed by atoms with van der Waals surface area (Å²) in [4.78, 5) is 2.32. The zero-order valence-corrected chi connectivity index (χ0v) is 10.6. The lowest BCUT2D eigenvalue weighted by atomic mass is 10.0. The molecule has 0 aromatic heterocycles. The van der Waals surface area contributed by atoms with Gasteiger partial charge in [0.25, 0.3) is 0 Å². The lowest BCUT2D eigenvalue weighted by Crippen LogP contribution is -2.43. The molecule has 2 aliphatic heterocycles. The molecule has 1 atom stereocenters. The summed E-state index contributed by atoms with van der Waals surface area (Å²) in [6.45, 7) is 4.79. The molecule has 5 heteroatoms. The molecular weight excluding hydrogens is 224 g/mol. The van der Waals surface area contributed by atoms with Crippen molar-refractivity contribution in [3.63, 3.8) is 0 Å². The first-order valence-electron chi connectivity index (χ1n) is 6.29. The van der Waals surface area contributed by atoms with E-state index in [9.17, 15) is 8.42 Å². The highest BCUT2D eigenvalue weighted by molar-refractivity contribution is 7.91. The lowest BCUT2D eigenvalue weighted by molar-refractivity contribution is 0.240. The van der Waals surface area contributed by atoms with Crippen LogP contribution in [-0.2, 0) is 9.84 Å². The van der Waals surface area contributed by atoms with Crippen LogP contribution in [0.2, 0.25) is 0 Å². The highest BCUT2D eigenvalue weighted by atomic mass is 32.2. The normalized spacial score (nSPS) is 32.1. The molecule has 4 nitrogen and oxygen atoms in total.